The highest BCUT2D eigenvalue weighted by Crippen LogP contribution is 2.47. The van der Waals surface area contributed by atoms with Crippen LogP contribution < -0.4 is 10.1 Å². The van der Waals surface area contributed by atoms with Gasteiger partial charge in [-0.3, -0.25) is 4.79 Å². The van der Waals surface area contributed by atoms with Crippen LogP contribution in [0.25, 0.3) is 0 Å². The van der Waals surface area contributed by atoms with Gasteiger partial charge in [0.1, 0.15) is 12.4 Å². The molecule has 2 aliphatic rings. The van der Waals surface area contributed by atoms with Gasteiger partial charge in [0.05, 0.1) is 12.7 Å². The van der Waals surface area contributed by atoms with Crippen LogP contribution in [0, 0.1) is 0 Å². The van der Waals surface area contributed by atoms with E-state index in [1.807, 2.05) is 48.0 Å². The van der Waals surface area contributed by atoms with Crippen LogP contribution in [0.2, 0.25) is 0 Å². The second-order valence-corrected chi connectivity index (χ2v) is 10.3. The Balaban J connectivity index is 1.68. The average molecular weight is 484 g/mol. The van der Waals surface area contributed by atoms with Crippen LogP contribution in [0.15, 0.2) is 63.6 Å². The Bertz CT molecular complexity index is 1090. The highest BCUT2D eigenvalue weighted by Gasteiger charge is 2.41. The Morgan fingerprint density at radius 2 is 2.06 bits per heavy atom. The summed E-state index contributed by atoms with van der Waals surface area (Å²) in [6.07, 6.45) is 1.07. The number of thioether (sulfide) groups is 1. The van der Waals surface area contributed by atoms with Crippen LogP contribution >= 0.6 is 23.1 Å². The summed E-state index contributed by atoms with van der Waals surface area (Å²) in [4.78, 5) is 26.7. The molecule has 0 saturated carbocycles. The molecule has 2 aromatic rings. The standard InChI is InChI=1S/C26H29NO4S2/c1-4-32-12-10-31-26(29)23-16(2)27-20-13-18(19-7-5-6-8-22(19)30-3)14-21(28)25(20)24(23)17-9-11-33-15-17/h5-9,11,15,18,24,27H,4,10,12-14H2,1-3H3. The van der Waals surface area contributed by atoms with E-state index in [0.717, 1.165) is 39.8 Å². The van der Waals surface area contributed by atoms with Crippen LogP contribution in [-0.2, 0) is 14.3 Å². The lowest BCUT2D eigenvalue weighted by Gasteiger charge is -2.36. The summed E-state index contributed by atoms with van der Waals surface area (Å²) in [6, 6.07) is 9.87. The summed E-state index contributed by atoms with van der Waals surface area (Å²) >= 11 is 3.30. The number of para-hydroxylation sites is 1. The summed E-state index contributed by atoms with van der Waals surface area (Å²) in [6.45, 7) is 4.34. The van der Waals surface area contributed by atoms with E-state index < -0.39 is 5.92 Å². The number of allylic oxidation sites excluding steroid dienone is 3. The molecule has 174 valence electrons. The maximum atomic E-state index is 13.6. The quantitative estimate of drug-likeness (QED) is 0.400. The number of nitrogens with one attached hydrogen (secondary N) is 1. The number of esters is 1. The fourth-order valence-electron chi connectivity index (χ4n) is 4.72. The third-order valence-electron chi connectivity index (χ3n) is 6.17. The third kappa shape index (κ3) is 4.89. The Morgan fingerprint density at radius 1 is 1.24 bits per heavy atom. The van der Waals surface area contributed by atoms with Crippen molar-refractivity contribution in [1.82, 2.24) is 5.32 Å². The Labute approximate surface area is 203 Å². The number of Topliss-reactive ketones (excluding diaryl/α,β-unsaturated/α-hetero) is 1. The Hall–Kier alpha value is -2.51. The normalized spacial score (nSPS) is 20.4. The van der Waals surface area contributed by atoms with E-state index in [4.69, 9.17) is 9.47 Å². The number of carbonyl (C=O) groups is 2. The molecule has 5 nitrogen and oxygen atoms in total. The van der Waals surface area contributed by atoms with E-state index in [-0.39, 0.29) is 17.7 Å². The topological polar surface area (TPSA) is 64.6 Å². The van der Waals surface area contributed by atoms with E-state index >= 15 is 0 Å². The van der Waals surface area contributed by atoms with Crippen LogP contribution in [-0.4, -0.2) is 37.0 Å². The minimum Gasteiger partial charge on any atom is -0.496 e. The molecule has 1 aliphatic heterocycles. The predicted molar refractivity (Wildman–Crippen MR) is 134 cm³/mol. The number of ether oxygens (including phenoxy) is 2. The molecule has 2 heterocycles. The van der Waals surface area contributed by atoms with Crippen molar-refractivity contribution in [2.75, 3.05) is 25.2 Å². The zero-order valence-corrected chi connectivity index (χ0v) is 20.8. The van der Waals surface area contributed by atoms with Crippen LogP contribution in [0.4, 0.5) is 0 Å². The fourth-order valence-corrected chi connectivity index (χ4v) is 5.90. The summed E-state index contributed by atoms with van der Waals surface area (Å²) in [5.74, 6) is 1.88. The molecular weight excluding hydrogens is 454 g/mol. The molecule has 7 heteroatoms. The molecule has 2 unspecified atom stereocenters. The third-order valence-corrected chi connectivity index (χ3v) is 7.73. The lowest BCUT2D eigenvalue weighted by atomic mass is 9.72. The molecule has 0 saturated heterocycles. The lowest BCUT2D eigenvalue weighted by molar-refractivity contribution is -0.138. The molecule has 1 aliphatic carbocycles. The number of rotatable bonds is 8. The van der Waals surface area contributed by atoms with Gasteiger partial charge < -0.3 is 14.8 Å². The molecule has 1 N–H and O–H groups in total. The molecule has 1 aromatic heterocycles. The Morgan fingerprint density at radius 3 is 2.79 bits per heavy atom. The van der Waals surface area contributed by atoms with E-state index in [2.05, 4.69) is 12.2 Å². The van der Waals surface area contributed by atoms with Gasteiger partial charge in [-0.05, 0) is 53.1 Å². The van der Waals surface area contributed by atoms with Gasteiger partial charge in [-0.1, -0.05) is 25.1 Å². The maximum absolute atomic E-state index is 13.6. The first-order valence-corrected chi connectivity index (χ1v) is 13.3. The first-order valence-electron chi connectivity index (χ1n) is 11.2. The number of dihydropyridines is 1. The fraction of sp³-hybridized carbons (Fsp3) is 0.385. The van der Waals surface area contributed by atoms with Gasteiger partial charge in [0.15, 0.2) is 5.78 Å². The second-order valence-electron chi connectivity index (χ2n) is 8.15. The molecular formula is C26H29NO4S2. The van der Waals surface area contributed by atoms with Crippen molar-refractivity contribution in [3.8, 4) is 5.75 Å². The van der Waals surface area contributed by atoms with Crippen molar-refractivity contribution in [1.29, 1.82) is 0 Å². The van der Waals surface area contributed by atoms with Crippen molar-refractivity contribution in [3.05, 3.63) is 74.8 Å². The first-order chi connectivity index (χ1) is 16.0. The SMILES string of the molecule is CCSCCOC(=O)C1=C(C)NC2=C(C(=O)CC(c3ccccc3OC)C2)C1c1ccsc1. The van der Waals surface area contributed by atoms with Crippen LogP contribution in [0.5, 0.6) is 5.75 Å². The van der Waals surface area contributed by atoms with Gasteiger partial charge >= 0.3 is 5.97 Å². The van der Waals surface area contributed by atoms with Gasteiger partial charge in [0.25, 0.3) is 0 Å². The molecule has 0 bridgehead atoms. The van der Waals surface area contributed by atoms with Crippen LogP contribution in [0.3, 0.4) is 0 Å². The largest absolute Gasteiger partial charge is 0.496 e. The molecule has 0 fully saturated rings. The van der Waals surface area contributed by atoms with Crippen molar-refractivity contribution >= 4 is 34.9 Å². The monoisotopic (exact) mass is 483 g/mol. The number of carbonyl (C=O) groups excluding carboxylic acids is 2. The smallest absolute Gasteiger partial charge is 0.336 e. The van der Waals surface area contributed by atoms with Crippen LogP contribution in [0.1, 0.15) is 49.7 Å². The van der Waals surface area contributed by atoms with Gasteiger partial charge in [0, 0.05) is 41.0 Å². The molecule has 33 heavy (non-hydrogen) atoms. The summed E-state index contributed by atoms with van der Waals surface area (Å²) in [7, 11) is 1.66. The predicted octanol–water partition coefficient (Wildman–Crippen LogP) is 5.41. The molecule has 4 rings (SSSR count). The van der Waals surface area contributed by atoms with E-state index in [0.29, 0.717) is 30.6 Å². The van der Waals surface area contributed by atoms with Gasteiger partial charge in [-0.15, -0.1) is 0 Å². The van der Waals surface area contributed by atoms with Crippen molar-refractivity contribution in [3.63, 3.8) is 0 Å². The number of methoxy groups -OCH3 is 1. The summed E-state index contributed by atoms with van der Waals surface area (Å²) in [5, 5.41) is 7.41. The molecule has 1 aromatic carbocycles. The van der Waals surface area contributed by atoms with E-state index in [1.54, 1.807) is 30.2 Å². The number of hydrogen-bond acceptors (Lipinski definition) is 7. The number of benzene rings is 1. The first kappa shape index (κ1) is 23.6. The summed E-state index contributed by atoms with van der Waals surface area (Å²) < 4.78 is 11.2. The minimum atomic E-state index is -0.398. The number of ketones is 1. The molecule has 0 radical (unpaired) electrons. The van der Waals surface area contributed by atoms with Crippen molar-refractivity contribution in [2.45, 2.75) is 38.5 Å². The lowest BCUT2D eigenvalue weighted by Crippen LogP contribution is -2.36. The maximum Gasteiger partial charge on any atom is 0.336 e. The molecule has 2 atom stereocenters. The van der Waals surface area contributed by atoms with Gasteiger partial charge in [-0.2, -0.15) is 23.1 Å². The Kier molecular flexibility index (Phi) is 7.60. The van der Waals surface area contributed by atoms with Crippen molar-refractivity contribution in [2.24, 2.45) is 0 Å². The summed E-state index contributed by atoms with van der Waals surface area (Å²) in [5.41, 5.74) is 4.89. The minimum absolute atomic E-state index is 0.0235. The number of thiophene rings is 1. The van der Waals surface area contributed by atoms with Crippen molar-refractivity contribution < 1.29 is 19.1 Å². The number of hydrogen-bond donors (Lipinski definition) is 1. The van der Waals surface area contributed by atoms with E-state index in [1.165, 1.54) is 0 Å². The highest BCUT2D eigenvalue weighted by molar-refractivity contribution is 7.99. The van der Waals surface area contributed by atoms with E-state index in [9.17, 15) is 9.59 Å². The highest BCUT2D eigenvalue weighted by atomic mass is 32.2. The zero-order valence-electron chi connectivity index (χ0n) is 19.2. The van der Waals surface area contributed by atoms with Gasteiger partial charge in [-0.25, -0.2) is 4.79 Å². The second kappa shape index (κ2) is 10.6. The van der Waals surface area contributed by atoms with Gasteiger partial charge in [0.2, 0.25) is 0 Å². The molecule has 0 spiro atoms. The average Bonchev–Trinajstić information content (AvgIpc) is 3.35. The zero-order chi connectivity index (χ0) is 23.4. The molecule has 0 amide bonds.